The minimum atomic E-state index is -1.04. The molecule has 0 fully saturated rings. The topological polar surface area (TPSA) is 92.4 Å². The van der Waals surface area contributed by atoms with E-state index in [1.807, 2.05) is 13.0 Å². The van der Waals surface area contributed by atoms with Gasteiger partial charge in [0.1, 0.15) is 5.82 Å². The van der Waals surface area contributed by atoms with Crippen molar-refractivity contribution in [2.45, 2.75) is 13.8 Å². The summed E-state index contributed by atoms with van der Waals surface area (Å²) in [4.78, 5) is 24.7. The van der Waals surface area contributed by atoms with Crippen LogP contribution >= 0.6 is 0 Å². The SMILES string of the molecule is CC(=O)Nc1ccc(C(=O)O)cn1.Cc1ccoc1. The summed E-state index contributed by atoms with van der Waals surface area (Å²) in [6, 6.07) is 4.73. The van der Waals surface area contributed by atoms with Crippen LogP contribution in [0.5, 0.6) is 0 Å². The van der Waals surface area contributed by atoms with Crippen molar-refractivity contribution in [2.75, 3.05) is 5.32 Å². The second-order valence-corrected chi connectivity index (χ2v) is 3.72. The van der Waals surface area contributed by atoms with Crippen molar-refractivity contribution in [1.82, 2.24) is 4.98 Å². The first-order valence-corrected chi connectivity index (χ1v) is 5.45. The van der Waals surface area contributed by atoms with Crippen LogP contribution in [0, 0.1) is 6.92 Å². The Kier molecular flexibility index (Phi) is 5.28. The molecule has 2 N–H and O–H groups in total. The van der Waals surface area contributed by atoms with Gasteiger partial charge in [-0.15, -0.1) is 0 Å². The summed E-state index contributed by atoms with van der Waals surface area (Å²) in [5.41, 5.74) is 1.27. The minimum Gasteiger partial charge on any atom is -0.478 e. The predicted octanol–water partition coefficient (Wildman–Crippen LogP) is 2.33. The quantitative estimate of drug-likeness (QED) is 0.866. The highest BCUT2D eigenvalue weighted by atomic mass is 16.4. The molecule has 0 aromatic carbocycles. The number of aromatic carboxylic acids is 1. The number of anilines is 1. The monoisotopic (exact) mass is 262 g/mol. The number of hydrogen-bond donors (Lipinski definition) is 2. The average molecular weight is 262 g/mol. The van der Waals surface area contributed by atoms with Crippen LogP contribution in [0.1, 0.15) is 22.8 Å². The van der Waals surface area contributed by atoms with E-state index in [4.69, 9.17) is 9.52 Å². The Hall–Kier alpha value is -2.63. The Morgan fingerprint density at radius 1 is 1.32 bits per heavy atom. The van der Waals surface area contributed by atoms with Crippen LogP contribution in [0.25, 0.3) is 0 Å². The molecular formula is C13H14N2O4. The van der Waals surface area contributed by atoms with Crippen molar-refractivity contribution < 1.29 is 19.1 Å². The standard InChI is InChI=1S/C8H8N2O3.C5H6O/c1-5(11)10-7-3-2-6(4-9-7)8(12)13;1-5-2-3-6-4-5/h2-4H,1H3,(H,12,13)(H,9,10,11);2-4H,1H3. The first kappa shape index (κ1) is 14.4. The first-order chi connectivity index (χ1) is 8.99. The van der Waals surface area contributed by atoms with Gasteiger partial charge in [-0.1, -0.05) is 0 Å². The van der Waals surface area contributed by atoms with Gasteiger partial charge in [0.2, 0.25) is 5.91 Å². The number of pyridine rings is 1. The molecule has 1 amide bonds. The van der Waals surface area contributed by atoms with Crippen LogP contribution in [0.2, 0.25) is 0 Å². The van der Waals surface area contributed by atoms with Gasteiger partial charge in [0.05, 0.1) is 18.1 Å². The third kappa shape index (κ3) is 5.49. The van der Waals surface area contributed by atoms with Gasteiger partial charge >= 0.3 is 5.97 Å². The molecule has 0 bridgehead atoms. The first-order valence-electron chi connectivity index (χ1n) is 5.45. The molecule has 0 aliphatic heterocycles. The molecule has 19 heavy (non-hydrogen) atoms. The second-order valence-electron chi connectivity index (χ2n) is 3.72. The molecule has 0 aliphatic rings. The summed E-state index contributed by atoms with van der Waals surface area (Å²) in [6.45, 7) is 3.34. The molecule has 2 aromatic rings. The van der Waals surface area contributed by atoms with Crippen molar-refractivity contribution in [3.63, 3.8) is 0 Å². The molecule has 2 aromatic heterocycles. The molecule has 0 spiro atoms. The number of nitrogens with zero attached hydrogens (tertiary/aromatic N) is 1. The third-order valence-electron chi connectivity index (χ3n) is 1.98. The zero-order valence-corrected chi connectivity index (χ0v) is 10.6. The maximum atomic E-state index is 10.6. The lowest BCUT2D eigenvalue weighted by molar-refractivity contribution is -0.114. The smallest absolute Gasteiger partial charge is 0.337 e. The summed E-state index contributed by atoms with van der Waals surface area (Å²) < 4.78 is 4.71. The Morgan fingerprint density at radius 3 is 2.37 bits per heavy atom. The van der Waals surface area contributed by atoms with Gasteiger partial charge in [-0.25, -0.2) is 9.78 Å². The van der Waals surface area contributed by atoms with E-state index < -0.39 is 5.97 Å². The van der Waals surface area contributed by atoms with Crippen LogP contribution in [0.4, 0.5) is 5.82 Å². The molecule has 0 radical (unpaired) electrons. The summed E-state index contributed by atoms with van der Waals surface area (Å²) in [7, 11) is 0. The fourth-order valence-corrected chi connectivity index (χ4v) is 1.11. The zero-order valence-electron chi connectivity index (χ0n) is 10.6. The number of hydrogen-bond acceptors (Lipinski definition) is 4. The highest BCUT2D eigenvalue weighted by Gasteiger charge is 2.02. The molecule has 0 atom stereocenters. The lowest BCUT2D eigenvalue weighted by Crippen LogP contribution is -2.07. The molecule has 100 valence electrons. The number of rotatable bonds is 2. The Bertz CT molecular complexity index is 532. The molecule has 2 rings (SSSR count). The van der Waals surface area contributed by atoms with E-state index in [0.29, 0.717) is 5.82 Å². The minimum absolute atomic E-state index is 0.0918. The van der Waals surface area contributed by atoms with Crippen LogP contribution in [-0.4, -0.2) is 22.0 Å². The van der Waals surface area contributed by atoms with Crippen molar-refractivity contribution >= 4 is 17.7 Å². The normalized spacial score (nSPS) is 9.16. The molecule has 6 heteroatoms. The number of carboxylic acid groups (broad SMARTS) is 1. The van der Waals surface area contributed by atoms with Crippen molar-refractivity contribution in [1.29, 1.82) is 0 Å². The number of furan rings is 1. The van der Waals surface area contributed by atoms with E-state index in [1.165, 1.54) is 30.8 Å². The van der Waals surface area contributed by atoms with E-state index in [-0.39, 0.29) is 11.5 Å². The molecule has 0 aliphatic carbocycles. The third-order valence-corrected chi connectivity index (χ3v) is 1.98. The van der Waals surface area contributed by atoms with Gasteiger partial charge in [-0.05, 0) is 30.7 Å². The largest absolute Gasteiger partial charge is 0.478 e. The number of carbonyl (C=O) groups is 2. The molecule has 6 nitrogen and oxygen atoms in total. The van der Waals surface area contributed by atoms with Gasteiger partial charge < -0.3 is 14.8 Å². The molecular weight excluding hydrogens is 248 g/mol. The van der Waals surface area contributed by atoms with Crippen LogP contribution in [-0.2, 0) is 4.79 Å². The van der Waals surface area contributed by atoms with Crippen LogP contribution in [0.3, 0.4) is 0 Å². The maximum absolute atomic E-state index is 10.6. The van der Waals surface area contributed by atoms with Gasteiger partial charge in [-0.3, -0.25) is 4.79 Å². The van der Waals surface area contributed by atoms with Crippen molar-refractivity contribution in [3.05, 3.63) is 48.0 Å². The average Bonchev–Trinajstić information content (AvgIpc) is 2.81. The molecule has 2 heterocycles. The Balaban J connectivity index is 0.000000250. The van der Waals surface area contributed by atoms with E-state index in [1.54, 1.807) is 12.5 Å². The highest BCUT2D eigenvalue weighted by molar-refractivity contribution is 5.89. The van der Waals surface area contributed by atoms with E-state index in [0.717, 1.165) is 0 Å². The fourth-order valence-electron chi connectivity index (χ4n) is 1.11. The van der Waals surface area contributed by atoms with Crippen molar-refractivity contribution in [2.24, 2.45) is 0 Å². The summed E-state index contributed by atoms with van der Waals surface area (Å²) in [6.07, 6.45) is 4.56. The number of carboxylic acids is 1. The van der Waals surface area contributed by atoms with Crippen molar-refractivity contribution in [3.8, 4) is 0 Å². The summed E-state index contributed by atoms with van der Waals surface area (Å²) in [5, 5.41) is 11.0. The predicted molar refractivity (Wildman–Crippen MR) is 68.9 cm³/mol. The highest BCUT2D eigenvalue weighted by Crippen LogP contribution is 2.04. The van der Waals surface area contributed by atoms with Gasteiger partial charge in [0.25, 0.3) is 0 Å². The lowest BCUT2D eigenvalue weighted by Gasteiger charge is -1.99. The molecule has 0 saturated heterocycles. The Morgan fingerprint density at radius 2 is 2.05 bits per heavy atom. The number of aromatic nitrogens is 1. The van der Waals surface area contributed by atoms with Crippen LogP contribution in [0.15, 0.2) is 41.3 Å². The van der Waals surface area contributed by atoms with Gasteiger partial charge in [-0.2, -0.15) is 0 Å². The molecule has 0 unspecified atom stereocenters. The Labute approximate surface area is 110 Å². The zero-order chi connectivity index (χ0) is 14.3. The summed E-state index contributed by atoms with van der Waals surface area (Å²) in [5.74, 6) is -0.935. The van der Waals surface area contributed by atoms with Gasteiger partial charge in [0, 0.05) is 13.1 Å². The number of amides is 1. The summed E-state index contributed by atoms with van der Waals surface area (Å²) >= 11 is 0. The lowest BCUT2D eigenvalue weighted by atomic mass is 10.3. The maximum Gasteiger partial charge on any atom is 0.337 e. The number of nitrogens with one attached hydrogen (secondary N) is 1. The number of aryl methyl sites for hydroxylation is 1. The second kappa shape index (κ2) is 6.95. The van der Waals surface area contributed by atoms with Gasteiger partial charge in [0.15, 0.2) is 0 Å². The van der Waals surface area contributed by atoms with E-state index in [9.17, 15) is 9.59 Å². The van der Waals surface area contributed by atoms with Crippen LogP contribution < -0.4 is 5.32 Å². The van der Waals surface area contributed by atoms with E-state index in [2.05, 4.69) is 10.3 Å². The van der Waals surface area contributed by atoms with E-state index >= 15 is 0 Å². The molecule has 0 saturated carbocycles. The number of carbonyl (C=O) groups excluding carboxylic acids is 1. The fraction of sp³-hybridized carbons (Fsp3) is 0.154.